The number of hydrogen-bond acceptors (Lipinski definition) is 7. The van der Waals surface area contributed by atoms with Crippen molar-refractivity contribution in [1.82, 2.24) is 4.90 Å². The van der Waals surface area contributed by atoms with Gasteiger partial charge in [0.25, 0.3) is 5.69 Å². The first kappa shape index (κ1) is 15.9. The van der Waals surface area contributed by atoms with Crippen molar-refractivity contribution in [3.05, 3.63) is 64.1 Å². The van der Waals surface area contributed by atoms with Gasteiger partial charge in [0.15, 0.2) is 5.17 Å². The van der Waals surface area contributed by atoms with E-state index in [1.54, 1.807) is 24.3 Å². The quantitative estimate of drug-likeness (QED) is 0.471. The van der Waals surface area contributed by atoms with Crippen molar-refractivity contribution in [2.75, 3.05) is 5.75 Å². The number of hydrogen-bond donors (Lipinski definition) is 0. The molecular weight excluding hydrogens is 332 g/mol. The van der Waals surface area contributed by atoms with Crippen LogP contribution in [0, 0.1) is 10.1 Å². The van der Waals surface area contributed by atoms with E-state index in [1.807, 2.05) is 0 Å². The first-order chi connectivity index (χ1) is 11.6. The lowest BCUT2D eigenvalue weighted by Crippen LogP contribution is -2.28. The number of nitrogens with zero attached hydrogens (tertiary/aromatic N) is 4. The molecule has 2 heterocycles. The third-order valence-corrected chi connectivity index (χ3v) is 4.17. The normalized spacial score (nSPS) is 16.4. The van der Waals surface area contributed by atoms with Crippen LogP contribution >= 0.6 is 11.8 Å². The van der Waals surface area contributed by atoms with Gasteiger partial charge < -0.3 is 4.42 Å². The zero-order chi connectivity index (χ0) is 16.9. The van der Waals surface area contributed by atoms with Gasteiger partial charge in [-0.25, -0.2) is 0 Å². The fourth-order valence-electron chi connectivity index (χ4n) is 2.03. The van der Waals surface area contributed by atoms with Gasteiger partial charge in [-0.15, -0.1) is 5.10 Å². The number of rotatable bonds is 5. The molecule has 0 spiro atoms. The summed E-state index contributed by atoms with van der Waals surface area (Å²) < 4.78 is 5.11. The van der Waals surface area contributed by atoms with Gasteiger partial charge in [0, 0.05) is 12.1 Å². The van der Waals surface area contributed by atoms with Gasteiger partial charge in [0.2, 0.25) is 5.91 Å². The number of non-ortho nitro benzene ring substituents is 1. The fraction of sp³-hybridized carbons (Fsp3) is 0.133. The number of benzene rings is 1. The first-order valence-electron chi connectivity index (χ1n) is 6.94. The molecule has 0 aliphatic carbocycles. The van der Waals surface area contributed by atoms with Crippen molar-refractivity contribution in [2.45, 2.75) is 6.54 Å². The number of nitro groups is 1. The molecule has 1 aromatic carbocycles. The van der Waals surface area contributed by atoms with Crippen LogP contribution in [0.2, 0.25) is 0 Å². The Morgan fingerprint density at radius 3 is 2.79 bits per heavy atom. The molecule has 0 saturated carbocycles. The Kier molecular flexibility index (Phi) is 4.71. The van der Waals surface area contributed by atoms with Gasteiger partial charge in [0.05, 0.1) is 29.7 Å². The summed E-state index contributed by atoms with van der Waals surface area (Å²) in [6.07, 6.45) is 2.99. The molecule has 1 aromatic heterocycles. The number of furan rings is 1. The Labute approximate surface area is 141 Å². The number of amides is 1. The molecular formula is C15H12N4O4S. The molecule has 1 fully saturated rings. The van der Waals surface area contributed by atoms with Crippen molar-refractivity contribution < 1.29 is 14.1 Å². The molecule has 1 aliphatic rings. The monoisotopic (exact) mass is 344 g/mol. The Morgan fingerprint density at radius 2 is 2.12 bits per heavy atom. The number of nitro benzene ring substituents is 1. The van der Waals surface area contributed by atoms with E-state index in [2.05, 4.69) is 10.2 Å². The molecule has 0 atom stereocenters. The summed E-state index contributed by atoms with van der Waals surface area (Å²) in [7, 11) is 0. The highest BCUT2D eigenvalue weighted by Gasteiger charge is 2.28. The predicted octanol–water partition coefficient (Wildman–Crippen LogP) is 2.65. The van der Waals surface area contributed by atoms with Crippen molar-refractivity contribution in [3.63, 3.8) is 0 Å². The Balaban J connectivity index is 1.72. The lowest BCUT2D eigenvalue weighted by atomic mass is 10.2. The summed E-state index contributed by atoms with van der Waals surface area (Å²) in [5, 5.41) is 19.1. The maximum absolute atomic E-state index is 12.0. The summed E-state index contributed by atoms with van der Waals surface area (Å²) in [5.41, 5.74) is 0.789. The molecule has 0 unspecified atom stereocenters. The molecule has 0 bridgehead atoms. The Morgan fingerprint density at radius 1 is 1.33 bits per heavy atom. The number of carbonyl (C=O) groups excluding carboxylic acids is 1. The smallest absolute Gasteiger partial charge is 0.269 e. The van der Waals surface area contributed by atoms with Gasteiger partial charge >= 0.3 is 0 Å². The van der Waals surface area contributed by atoms with Gasteiger partial charge in [-0.05, 0) is 17.7 Å². The highest BCUT2D eigenvalue weighted by atomic mass is 32.2. The topological polar surface area (TPSA) is 101 Å². The molecule has 3 rings (SSSR count). The highest BCUT2D eigenvalue weighted by molar-refractivity contribution is 8.15. The second-order valence-electron chi connectivity index (χ2n) is 4.83. The standard InChI is InChI=1S/C15H12N4O4S/c20-14-10-24-15(17-16-8-13-2-1-7-23-13)18(14)9-11-3-5-12(6-4-11)19(21)22/h1-8H,9-10H2/b16-8+,17-15-. The maximum atomic E-state index is 12.0. The lowest BCUT2D eigenvalue weighted by Gasteiger charge is -2.14. The van der Waals surface area contributed by atoms with E-state index in [0.717, 1.165) is 5.56 Å². The van der Waals surface area contributed by atoms with Crippen LogP contribution in [0.15, 0.2) is 57.3 Å². The van der Waals surface area contributed by atoms with E-state index < -0.39 is 4.92 Å². The molecule has 0 radical (unpaired) electrons. The minimum absolute atomic E-state index is 0.0119. The minimum atomic E-state index is -0.461. The molecule has 8 nitrogen and oxygen atoms in total. The summed E-state index contributed by atoms with van der Waals surface area (Å²) in [6, 6.07) is 9.55. The number of amidine groups is 1. The average molecular weight is 344 g/mol. The van der Waals surface area contributed by atoms with E-state index in [1.165, 1.54) is 41.3 Å². The van der Waals surface area contributed by atoms with E-state index in [0.29, 0.717) is 23.2 Å². The fourth-order valence-corrected chi connectivity index (χ4v) is 2.87. The van der Waals surface area contributed by atoms with Crippen LogP contribution in [0.4, 0.5) is 5.69 Å². The summed E-state index contributed by atoms with van der Waals surface area (Å²) in [4.78, 5) is 23.7. The molecule has 1 saturated heterocycles. The van der Waals surface area contributed by atoms with Crippen LogP contribution in [0.25, 0.3) is 0 Å². The average Bonchev–Trinajstić information content (AvgIpc) is 3.20. The van der Waals surface area contributed by atoms with Gasteiger partial charge in [0.1, 0.15) is 5.76 Å². The minimum Gasteiger partial charge on any atom is -0.463 e. The molecule has 24 heavy (non-hydrogen) atoms. The van der Waals surface area contributed by atoms with Crippen LogP contribution < -0.4 is 0 Å². The van der Waals surface area contributed by atoms with Crippen LogP contribution in [-0.4, -0.2) is 32.9 Å². The van der Waals surface area contributed by atoms with Crippen LogP contribution in [0.5, 0.6) is 0 Å². The van der Waals surface area contributed by atoms with Gasteiger partial charge in [-0.3, -0.25) is 19.8 Å². The largest absolute Gasteiger partial charge is 0.463 e. The highest BCUT2D eigenvalue weighted by Crippen LogP contribution is 2.23. The third-order valence-electron chi connectivity index (χ3n) is 3.22. The molecule has 122 valence electrons. The maximum Gasteiger partial charge on any atom is 0.269 e. The first-order valence-corrected chi connectivity index (χ1v) is 7.93. The molecule has 0 N–H and O–H groups in total. The number of carbonyl (C=O) groups is 1. The van der Waals surface area contributed by atoms with Crippen molar-refractivity contribution in [1.29, 1.82) is 0 Å². The zero-order valence-corrected chi connectivity index (χ0v) is 13.2. The third kappa shape index (κ3) is 3.69. The summed E-state index contributed by atoms with van der Waals surface area (Å²) in [5.74, 6) is 0.781. The zero-order valence-electron chi connectivity index (χ0n) is 12.4. The van der Waals surface area contributed by atoms with E-state index in [-0.39, 0.29) is 11.6 Å². The van der Waals surface area contributed by atoms with Gasteiger partial charge in [-0.2, -0.15) is 5.10 Å². The number of thioether (sulfide) groups is 1. The molecule has 2 aromatic rings. The lowest BCUT2D eigenvalue weighted by molar-refractivity contribution is -0.384. The second-order valence-corrected chi connectivity index (χ2v) is 5.78. The molecule has 1 amide bonds. The van der Waals surface area contributed by atoms with E-state index in [4.69, 9.17) is 4.42 Å². The molecule has 9 heteroatoms. The Bertz CT molecular complexity index is 799. The van der Waals surface area contributed by atoms with Gasteiger partial charge in [-0.1, -0.05) is 23.9 Å². The van der Waals surface area contributed by atoms with Crippen molar-refractivity contribution in [2.24, 2.45) is 10.2 Å². The van der Waals surface area contributed by atoms with E-state index in [9.17, 15) is 14.9 Å². The second kappa shape index (κ2) is 7.09. The van der Waals surface area contributed by atoms with Crippen molar-refractivity contribution >= 4 is 34.7 Å². The van der Waals surface area contributed by atoms with E-state index >= 15 is 0 Å². The predicted molar refractivity (Wildman–Crippen MR) is 89.8 cm³/mol. The van der Waals surface area contributed by atoms with Crippen LogP contribution in [-0.2, 0) is 11.3 Å². The summed E-state index contributed by atoms with van der Waals surface area (Å²) >= 11 is 1.30. The Hall–Kier alpha value is -2.94. The molecule has 1 aliphatic heterocycles. The SMILES string of the molecule is O=C1CS/C(=N\N=C\c2ccco2)N1Cc1ccc([N+](=O)[O-])cc1. The summed E-state index contributed by atoms with van der Waals surface area (Å²) in [6.45, 7) is 0.291. The van der Waals surface area contributed by atoms with Crippen LogP contribution in [0.1, 0.15) is 11.3 Å². The van der Waals surface area contributed by atoms with Crippen molar-refractivity contribution in [3.8, 4) is 0 Å². The van der Waals surface area contributed by atoms with Crippen LogP contribution in [0.3, 0.4) is 0 Å².